The normalized spacial score (nSPS) is 15.9. The van der Waals surface area contributed by atoms with Crippen molar-refractivity contribution in [3.63, 3.8) is 0 Å². The van der Waals surface area contributed by atoms with E-state index < -0.39 is 14.6 Å². The topological polar surface area (TPSA) is 40.1 Å². The number of carboxylic acids is 1. The van der Waals surface area contributed by atoms with Crippen molar-refractivity contribution in [1.29, 1.82) is 0 Å². The lowest BCUT2D eigenvalue weighted by atomic mass is 10.0. The summed E-state index contributed by atoms with van der Waals surface area (Å²) < 4.78 is -3.39. The maximum Gasteiger partial charge on any atom is 0.189 e. The van der Waals surface area contributed by atoms with Gasteiger partial charge in [-0.2, -0.15) is 0 Å². The van der Waals surface area contributed by atoms with Gasteiger partial charge < -0.3 is 14.4 Å². The minimum Gasteiger partial charge on any atom is -0.547 e. The van der Waals surface area contributed by atoms with Crippen molar-refractivity contribution in [3.8, 4) is 0 Å². The van der Waals surface area contributed by atoms with E-state index in [-0.39, 0.29) is 22.6 Å². The zero-order valence-electron chi connectivity index (χ0n) is 24.4. The molecule has 41 heavy (non-hydrogen) atoms. The van der Waals surface area contributed by atoms with E-state index in [0.29, 0.717) is 48.2 Å². The molecule has 0 bridgehead atoms. The Labute approximate surface area is 300 Å². The summed E-state index contributed by atoms with van der Waals surface area (Å²) in [5.74, 6) is -0.462. The highest BCUT2D eigenvalue weighted by molar-refractivity contribution is 6.68. The van der Waals surface area contributed by atoms with E-state index in [1.165, 1.54) is 64.2 Å². The molecule has 0 rings (SSSR count). The Balaban J connectivity index is 0. The van der Waals surface area contributed by atoms with Gasteiger partial charge in [-0.25, -0.2) is 0 Å². The third kappa shape index (κ3) is 23.3. The number of quaternary nitrogens is 1. The van der Waals surface area contributed by atoms with Gasteiger partial charge in [0.25, 0.3) is 0 Å². The van der Waals surface area contributed by atoms with Gasteiger partial charge in [0, 0.05) is 17.6 Å². The number of carboxylic acid groups (broad SMARTS) is 1. The summed E-state index contributed by atoms with van der Waals surface area (Å²) in [4.78, 5) is 10.9. The molecule has 0 heterocycles. The molecule has 0 aliphatic rings. The van der Waals surface area contributed by atoms with Crippen LogP contribution in [0.25, 0.3) is 0 Å². The van der Waals surface area contributed by atoms with Gasteiger partial charge in [0.15, 0.2) is 8.67 Å². The molecule has 0 aromatic rings. The maximum absolute atomic E-state index is 10.9. The molecule has 0 saturated carbocycles. The van der Waals surface area contributed by atoms with Gasteiger partial charge in [0.05, 0.1) is 48.8 Å². The molecule has 0 spiro atoms. The van der Waals surface area contributed by atoms with Crippen molar-refractivity contribution in [2.75, 3.05) is 44.3 Å². The number of carbonyl (C=O) groups excluding carboxylic acids is 1. The van der Waals surface area contributed by atoms with E-state index in [9.17, 15) is 9.90 Å². The van der Waals surface area contributed by atoms with Crippen molar-refractivity contribution >= 4 is 122 Å². The number of unbranched alkanes of at least 4 members (excludes halogenated alkanes) is 12. The summed E-state index contributed by atoms with van der Waals surface area (Å²) in [5, 5.41) is 10.5. The SMILES string of the molecule is CCCCCCCCCCCCCCCC(Cl)(Cl)C(Cl)(Cl)C(=O)[O-].C[N+](CC(Cl)CCl)(CC(Cl)CCl)CC(Cl)CCl. The number of rotatable bonds is 25. The molecule has 3 atom stereocenters. The lowest BCUT2D eigenvalue weighted by Crippen LogP contribution is -2.54. The van der Waals surface area contributed by atoms with E-state index in [1.807, 2.05) is 7.05 Å². The first-order valence-corrected chi connectivity index (χ1v) is 19.0. The van der Waals surface area contributed by atoms with E-state index >= 15 is 0 Å². The first-order chi connectivity index (χ1) is 19.1. The van der Waals surface area contributed by atoms with E-state index in [1.54, 1.807) is 0 Å². The first kappa shape index (κ1) is 45.5. The molecule has 0 saturated heterocycles. The summed E-state index contributed by atoms with van der Waals surface area (Å²) in [5.41, 5.74) is 0. The number of halogens is 10. The van der Waals surface area contributed by atoms with E-state index in [4.69, 9.17) is 116 Å². The molecule has 0 aliphatic carbocycles. The Morgan fingerprint density at radius 2 is 0.927 bits per heavy atom. The fraction of sp³-hybridized carbons (Fsp3) is 0.964. The standard InChI is InChI=1S/C18H32Cl4O2.C10H18Cl6N/c1-2-3-4-5-6-7-8-9-10-11-12-13-14-15-17(19,20)18(21,22)16(23)24;1-17(5-8(14)2-11,6-9(15)3-12)7-10(16)4-13/h2-15H2,1H3,(H,23,24);8-10H,2-7H2,1H3/q;+1/p-1. The van der Waals surface area contributed by atoms with Gasteiger partial charge in [-0.15, -0.1) is 69.6 Å². The van der Waals surface area contributed by atoms with Crippen LogP contribution in [0, 0.1) is 0 Å². The van der Waals surface area contributed by atoms with Crippen LogP contribution < -0.4 is 5.11 Å². The second kappa shape index (κ2) is 26.4. The molecule has 3 unspecified atom stereocenters. The van der Waals surface area contributed by atoms with Gasteiger partial charge in [-0.05, 0) is 6.42 Å². The highest BCUT2D eigenvalue weighted by Gasteiger charge is 2.48. The minimum absolute atomic E-state index is 0.111. The van der Waals surface area contributed by atoms with Gasteiger partial charge in [-0.1, -0.05) is 137 Å². The average Bonchev–Trinajstić information content (AvgIpc) is 2.90. The molecule has 3 nitrogen and oxygen atoms in total. The van der Waals surface area contributed by atoms with Crippen molar-refractivity contribution in [2.24, 2.45) is 0 Å². The fourth-order valence-electron chi connectivity index (χ4n) is 4.48. The number of hydrogen-bond donors (Lipinski definition) is 0. The van der Waals surface area contributed by atoms with Gasteiger partial charge in [0.2, 0.25) is 0 Å². The summed E-state index contributed by atoms with van der Waals surface area (Å²) in [6.07, 6.45) is 16.1. The van der Waals surface area contributed by atoms with Crippen LogP contribution >= 0.6 is 116 Å². The molecule has 0 N–H and O–H groups in total. The van der Waals surface area contributed by atoms with Crippen LogP contribution in [0.4, 0.5) is 0 Å². The second-order valence-corrected chi connectivity index (χ2v) is 16.6. The number of nitrogens with zero attached hydrogens (tertiary/aromatic N) is 1. The molecular formula is C28H49Cl10NO2. The summed E-state index contributed by atoms with van der Waals surface area (Å²) in [6.45, 7) is 4.34. The molecular weight excluding hydrogens is 737 g/mol. The van der Waals surface area contributed by atoms with Crippen molar-refractivity contribution in [2.45, 2.75) is 122 Å². The third-order valence-electron chi connectivity index (χ3n) is 6.73. The lowest BCUT2D eigenvalue weighted by Gasteiger charge is -2.38. The quantitative estimate of drug-likeness (QED) is 0.0525. The van der Waals surface area contributed by atoms with Gasteiger partial charge >= 0.3 is 0 Å². The monoisotopic (exact) mass is 781 g/mol. The second-order valence-electron chi connectivity index (χ2n) is 11.0. The summed E-state index contributed by atoms with van der Waals surface area (Å²) in [7, 11) is 2.05. The minimum atomic E-state index is -2.28. The van der Waals surface area contributed by atoms with Crippen LogP contribution in [0.2, 0.25) is 0 Å². The number of alkyl halides is 10. The molecule has 0 aromatic carbocycles. The molecule has 0 fully saturated rings. The Kier molecular flexibility index (Phi) is 29.3. The van der Waals surface area contributed by atoms with Crippen LogP contribution in [-0.4, -0.2) is 79.6 Å². The first-order valence-electron chi connectivity index (χ1n) is 14.5. The average molecular weight is 786 g/mol. The Bertz CT molecular complexity index is 612. The van der Waals surface area contributed by atoms with Crippen molar-refractivity contribution in [3.05, 3.63) is 0 Å². The van der Waals surface area contributed by atoms with Crippen molar-refractivity contribution < 1.29 is 14.4 Å². The number of carbonyl (C=O) groups is 1. The molecule has 0 radical (unpaired) electrons. The van der Waals surface area contributed by atoms with Gasteiger partial charge in [-0.3, -0.25) is 0 Å². The van der Waals surface area contributed by atoms with Crippen molar-refractivity contribution in [1.82, 2.24) is 0 Å². The third-order valence-corrected chi connectivity index (χ3v) is 11.5. The lowest BCUT2D eigenvalue weighted by molar-refractivity contribution is -0.908. The van der Waals surface area contributed by atoms with E-state index in [0.717, 1.165) is 12.8 Å². The fourth-order valence-corrected chi connectivity index (χ4v) is 6.38. The summed E-state index contributed by atoms with van der Waals surface area (Å²) >= 11 is 58.7. The van der Waals surface area contributed by atoms with E-state index in [2.05, 4.69) is 6.92 Å². The van der Waals surface area contributed by atoms with Crippen LogP contribution in [0.15, 0.2) is 0 Å². The number of hydrogen-bond acceptors (Lipinski definition) is 2. The molecule has 13 heteroatoms. The Hall–Kier alpha value is 2.33. The molecule has 0 amide bonds. The molecule has 0 aliphatic heterocycles. The summed E-state index contributed by atoms with van der Waals surface area (Å²) in [6, 6.07) is 0. The molecule has 248 valence electrons. The predicted octanol–water partition coefficient (Wildman–Crippen LogP) is 10.5. The zero-order chi connectivity index (χ0) is 32.0. The van der Waals surface area contributed by atoms with Crippen LogP contribution in [0.3, 0.4) is 0 Å². The maximum atomic E-state index is 10.9. The van der Waals surface area contributed by atoms with Crippen LogP contribution in [0.1, 0.15) is 96.8 Å². The largest absolute Gasteiger partial charge is 0.547 e. The van der Waals surface area contributed by atoms with Crippen LogP contribution in [-0.2, 0) is 4.79 Å². The van der Waals surface area contributed by atoms with Crippen LogP contribution in [0.5, 0.6) is 0 Å². The molecule has 0 aromatic heterocycles. The zero-order valence-corrected chi connectivity index (χ0v) is 32.0. The highest BCUT2D eigenvalue weighted by atomic mass is 35.5. The predicted molar refractivity (Wildman–Crippen MR) is 186 cm³/mol. The highest BCUT2D eigenvalue weighted by Crippen LogP contribution is 2.45. The smallest absolute Gasteiger partial charge is 0.189 e. The Morgan fingerprint density at radius 1 is 0.634 bits per heavy atom. The van der Waals surface area contributed by atoms with Gasteiger partial charge in [0.1, 0.15) is 0 Å². The Morgan fingerprint density at radius 3 is 1.20 bits per heavy atom. The number of aliphatic carboxylic acids is 1.